The Labute approximate surface area is 189 Å². The Hall–Kier alpha value is -3.24. The molecule has 0 spiro atoms. The van der Waals surface area contributed by atoms with Crippen molar-refractivity contribution in [2.75, 3.05) is 30.9 Å². The van der Waals surface area contributed by atoms with Crippen molar-refractivity contribution in [2.24, 2.45) is 0 Å². The summed E-state index contributed by atoms with van der Waals surface area (Å²) in [6.45, 7) is 6.42. The molecule has 0 aliphatic heterocycles. The summed E-state index contributed by atoms with van der Waals surface area (Å²) in [5, 5.41) is 0.795. The summed E-state index contributed by atoms with van der Waals surface area (Å²) in [5.74, 6) is -0.523. The van der Waals surface area contributed by atoms with Gasteiger partial charge < -0.3 is 10.5 Å². The number of nitrogens with one attached hydrogen (secondary N) is 1. The zero-order chi connectivity index (χ0) is 23.5. The number of anilines is 2. The van der Waals surface area contributed by atoms with Crippen LogP contribution in [0.3, 0.4) is 0 Å². The lowest BCUT2D eigenvalue weighted by Gasteiger charge is -2.23. The van der Waals surface area contributed by atoms with Gasteiger partial charge in [-0.25, -0.2) is 9.78 Å². The van der Waals surface area contributed by atoms with E-state index in [1.54, 1.807) is 0 Å². The summed E-state index contributed by atoms with van der Waals surface area (Å²) in [6.07, 6.45) is 1.50. The molecule has 3 rings (SSSR count). The monoisotopic (exact) mass is 457 g/mol. The van der Waals surface area contributed by atoms with E-state index in [4.69, 9.17) is 10.5 Å². The summed E-state index contributed by atoms with van der Waals surface area (Å²) >= 11 is 1.26. The summed E-state index contributed by atoms with van der Waals surface area (Å²) < 4.78 is 6.38. The van der Waals surface area contributed by atoms with Crippen LogP contribution in [0.4, 0.5) is 11.5 Å². The van der Waals surface area contributed by atoms with E-state index in [0.29, 0.717) is 4.88 Å². The van der Waals surface area contributed by atoms with Crippen molar-refractivity contribution >= 4 is 28.7 Å². The molecule has 0 fully saturated rings. The van der Waals surface area contributed by atoms with Gasteiger partial charge in [0.05, 0.1) is 24.4 Å². The molecule has 0 aliphatic rings. The SMILES string of the molecule is COCCN(C(=O)c1cnc(C(C)(C)C)s1)c1c(N)n(Cc2ccccc2)c(=O)[nH]c1=O. The number of aromatic amines is 1. The predicted molar refractivity (Wildman–Crippen MR) is 126 cm³/mol. The first-order valence-electron chi connectivity index (χ1n) is 10.1. The van der Waals surface area contributed by atoms with Gasteiger partial charge in [-0.15, -0.1) is 11.3 Å². The smallest absolute Gasteiger partial charge is 0.330 e. The number of aromatic nitrogens is 3. The fourth-order valence-corrected chi connectivity index (χ4v) is 4.03. The van der Waals surface area contributed by atoms with Crippen LogP contribution >= 0.6 is 11.3 Å². The Bertz CT molecular complexity index is 1210. The van der Waals surface area contributed by atoms with Crippen molar-refractivity contribution in [1.29, 1.82) is 0 Å². The van der Waals surface area contributed by atoms with Crippen molar-refractivity contribution in [3.63, 3.8) is 0 Å². The topological polar surface area (TPSA) is 123 Å². The molecular formula is C22H27N5O4S. The van der Waals surface area contributed by atoms with Crippen LogP contribution in [0.15, 0.2) is 46.1 Å². The molecule has 1 aromatic carbocycles. The van der Waals surface area contributed by atoms with Crippen LogP contribution in [0.25, 0.3) is 0 Å². The van der Waals surface area contributed by atoms with E-state index < -0.39 is 17.2 Å². The number of benzene rings is 1. The number of nitrogens with zero attached hydrogens (tertiary/aromatic N) is 3. The number of H-pyrrole nitrogens is 1. The predicted octanol–water partition coefficient (Wildman–Crippen LogP) is 2.21. The highest BCUT2D eigenvalue weighted by molar-refractivity contribution is 7.13. The molecule has 0 saturated carbocycles. The largest absolute Gasteiger partial charge is 0.383 e. The molecule has 32 heavy (non-hydrogen) atoms. The van der Waals surface area contributed by atoms with E-state index in [1.165, 1.54) is 34.1 Å². The molecule has 0 unspecified atom stereocenters. The van der Waals surface area contributed by atoms with Gasteiger partial charge >= 0.3 is 5.69 Å². The maximum atomic E-state index is 13.4. The molecule has 0 atom stereocenters. The van der Waals surface area contributed by atoms with Gasteiger partial charge in [-0.3, -0.25) is 24.0 Å². The molecule has 3 N–H and O–H groups in total. The molecule has 3 aromatic rings. The maximum Gasteiger partial charge on any atom is 0.330 e. The molecule has 9 nitrogen and oxygen atoms in total. The van der Waals surface area contributed by atoms with Gasteiger partial charge in [0.25, 0.3) is 11.5 Å². The summed E-state index contributed by atoms with van der Waals surface area (Å²) in [7, 11) is 1.50. The van der Waals surface area contributed by atoms with Gasteiger partial charge in [0.1, 0.15) is 10.7 Å². The van der Waals surface area contributed by atoms with Gasteiger partial charge in [0.15, 0.2) is 5.69 Å². The number of thiazole rings is 1. The van der Waals surface area contributed by atoms with E-state index in [9.17, 15) is 14.4 Å². The Morgan fingerprint density at radius 2 is 1.94 bits per heavy atom. The highest BCUT2D eigenvalue weighted by atomic mass is 32.1. The van der Waals surface area contributed by atoms with Crippen LogP contribution in [0.5, 0.6) is 0 Å². The Kier molecular flexibility index (Phi) is 6.95. The number of ether oxygens (including phenoxy) is 1. The normalized spacial score (nSPS) is 11.5. The van der Waals surface area contributed by atoms with Crippen LogP contribution in [0, 0.1) is 0 Å². The van der Waals surface area contributed by atoms with Crippen molar-refractivity contribution < 1.29 is 9.53 Å². The third-order valence-electron chi connectivity index (χ3n) is 4.79. The lowest BCUT2D eigenvalue weighted by Crippen LogP contribution is -2.42. The number of carbonyl (C=O) groups excluding carboxylic acids is 1. The molecule has 10 heteroatoms. The van der Waals surface area contributed by atoms with Crippen molar-refractivity contribution in [3.8, 4) is 0 Å². The summed E-state index contributed by atoms with van der Waals surface area (Å²) in [5.41, 5.74) is 5.42. The molecule has 0 radical (unpaired) electrons. The second kappa shape index (κ2) is 9.49. The number of methoxy groups -OCH3 is 1. The Morgan fingerprint density at radius 3 is 2.53 bits per heavy atom. The molecular weight excluding hydrogens is 430 g/mol. The Morgan fingerprint density at radius 1 is 1.25 bits per heavy atom. The van der Waals surface area contributed by atoms with Crippen molar-refractivity contribution in [2.45, 2.75) is 32.7 Å². The van der Waals surface area contributed by atoms with Crippen molar-refractivity contribution in [3.05, 3.63) is 72.8 Å². The molecule has 2 heterocycles. The minimum Gasteiger partial charge on any atom is -0.383 e. The molecule has 2 aromatic heterocycles. The quantitative estimate of drug-likeness (QED) is 0.561. The van der Waals surface area contributed by atoms with Crippen LogP contribution in [0.1, 0.15) is 41.0 Å². The van der Waals surface area contributed by atoms with Crippen molar-refractivity contribution in [1.82, 2.24) is 14.5 Å². The van der Waals surface area contributed by atoms with E-state index in [1.807, 2.05) is 51.1 Å². The van der Waals surface area contributed by atoms with Crippen LogP contribution in [-0.2, 0) is 16.7 Å². The number of hydrogen-bond donors (Lipinski definition) is 2. The van der Waals surface area contributed by atoms with Crippen LogP contribution < -0.4 is 21.9 Å². The molecule has 170 valence electrons. The van der Waals surface area contributed by atoms with E-state index in [-0.39, 0.29) is 36.6 Å². The van der Waals surface area contributed by atoms with E-state index >= 15 is 0 Å². The van der Waals surface area contributed by atoms with E-state index in [2.05, 4.69) is 9.97 Å². The fourth-order valence-electron chi connectivity index (χ4n) is 3.11. The average Bonchev–Trinajstić information content (AvgIpc) is 3.24. The second-order valence-electron chi connectivity index (χ2n) is 8.29. The lowest BCUT2D eigenvalue weighted by molar-refractivity contribution is 0.0979. The highest BCUT2D eigenvalue weighted by Crippen LogP contribution is 2.29. The first-order valence-corrected chi connectivity index (χ1v) is 10.9. The molecule has 1 amide bonds. The van der Waals surface area contributed by atoms with Crippen LogP contribution in [0.2, 0.25) is 0 Å². The molecule has 0 saturated heterocycles. The zero-order valence-corrected chi connectivity index (χ0v) is 19.4. The molecule has 0 bridgehead atoms. The minimum absolute atomic E-state index is 0.0783. The first-order chi connectivity index (χ1) is 15.1. The van der Waals surface area contributed by atoms with Gasteiger partial charge in [-0.1, -0.05) is 51.1 Å². The van der Waals surface area contributed by atoms with Gasteiger partial charge in [-0.05, 0) is 5.56 Å². The number of hydrogen-bond acceptors (Lipinski definition) is 7. The highest BCUT2D eigenvalue weighted by Gasteiger charge is 2.28. The minimum atomic E-state index is -0.734. The number of nitrogens with two attached hydrogens (primary N) is 1. The van der Waals surface area contributed by atoms with Crippen LogP contribution in [-0.4, -0.2) is 40.7 Å². The van der Waals surface area contributed by atoms with Gasteiger partial charge in [0, 0.05) is 19.1 Å². The third kappa shape index (κ3) is 4.97. The summed E-state index contributed by atoms with van der Waals surface area (Å²) in [4.78, 5) is 46.9. The van der Waals surface area contributed by atoms with Gasteiger partial charge in [-0.2, -0.15) is 0 Å². The lowest BCUT2D eigenvalue weighted by atomic mass is 9.98. The standard InChI is InChI=1S/C22H27N5O4S/c1-22(2,3)20-24-12-15(32-20)19(29)26(10-11-31-4)16-17(23)27(21(30)25-18(16)28)13-14-8-6-5-7-9-14/h5-9,12H,10-11,13,23H2,1-4H3,(H,25,28,30). The number of amides is 1. The van der Waals surface area contributed by atoms with Gasteiger partial charge in [0.2, 0.25) is 0 Å². The maximum absolute atomic E-state index is 13.4. The van der Waals surface area contributed by atoms with E-state index in [0.717, 1.165) is 10.6 Å². The second-order valence-corrected chi connectivity index (χ2v) is 9.32. The number of nitrogen functional groups attached to an aromatic ring is 1. The fraction of sp³-hybridized carbons (Fsp3) is 0.364. The number of rotatable bonds is 7. The number of carbonyl (C=O) groups is 1. The first kappa shape index (κ1) is 23.4. The zero-order valence-electron chi connectivity index (χ0n) is 18.5. The summed E-state index contributed by atoms with van der Waals surface area (Å²) in [6, 6.07) is 9.23. The third-order valence-corrected chi connectivity index (χ3v) is 6.20. The molecule has 0 aliphatic carbocycles. The average molecular weight is 458 g/mol. The Balaban J connectivity index is 2.08.